The molecule has 6 nitrogen and oxygen atoms in total. The maximum atomic E-state index is 12.8. The zero-order chi connectivity index (χ0) is 17.3. The molecule has 1 aromatic carbocycles. The molecule has 1 N–H and O–H groups in total. The summed E-state index contributed by atoms with van der Waals surface area (Å²) in [6, 6.07) is 7.82. The van der Waals surface area contributed by atoms with Gasteiger partial charge in [0.25, 0.3) is 0 Å². The first-order valence-corrected chi connectivity index (χ1v) is 7.96. The highest BCUT2D eigenvalue weighted by Crippen LogP contribution is 2.30. The van der Waals surface area contributed by atoms with Crippen LogP contribution in [0.1, 0.15) is 22.8 Å². The minimum Gasteiger partial charge on any atom is -0.478 e. The Morgan fingerprint density at radius 2 is 2.04 bits per heavy atom. The number of aromatic nitrogens is 1. The molecule has 0 unspecified atom stereocenters. The summed E-state index contributed by atoms with van der Waals surface area (Å²) in [5.41, 5.74) is 1.53. The van der Waals surface area contributed by atoms with Gasteiger partial charge >= 0.3 is 12.0 Å². The number of nitrogens with zero attached hydrogens (tertiary/aromatic N) is 3. The zero-order valence-corrected chi connectivity index (χ0v) is 13.8. The molecule has 1 aliphatic rings. The van der Waals surface area contributed by atoms with Gasteiger partial charge in [-0.3, -0.25) is 9.80 Å². The normalized spacial score (nSPS) is 14.3. The lowest BCUT2D eigenvalue weighted by Gasteiger charge is -2.20. The molecule has 124 valence electrons. The predicted molar refractivity (Wildman–Crippen MR) is 92.1 cm³/mol. The minimum absolute atomic E-state index is 0.147. The molecule has 1 fully saturated rings. The van der Waals surface area contributed by atoms with E-state index < -0.39 is 5.97 Å². The van der Waals surface area contributed by atoms with Gasteiger partial charge in [-0.05, 0) is 30.7 Å². The van der Waals surface area contributed by atoms with E-state index in [2.05, 4.69) is 4.98 Å². The van der Waals surface area contributed by atoms with Gasteiger partial charge in [0.1, 0.15) is 5.82 Å². The smallest absolute Gasteiger partial charge is 0.335 e. The zero-order valence-electron chi connectivity index (χ0n) is 13.1. The third-order valence-corrected chi connectivity index (χ3v) is 4.35. The summed E-state index contributed by atoms with van der Waals surface area (Å²) in [5.74, 6) is -0.461. The number of aromatic carboxylic acids is 1. The second-order valence-electron chi connectivity index (χ2n) is 5.39. The van der Waals surface area contributed by atoms with Crippen molar-refractivity contribution in [1.82, 2.24) is 4.98 Å². The highest BCUT2D eigenvalue weighted by atomic mass is 35.5. The van der Waals surface area contributed by atoms with Gasteiger partial charge in [-0.25, -0.2) is 14.6 Å². The van der Waals surface area contributed by atoms with Crippen LogP contribution in [-0.4, -0.2) is 35.2 Å². The fourth-order valence-electron chi connectivity index (χ4n) is 2.80. The fraction of sp³-hybridized carbons (Fsp3) is 0.235. The molecule has 0 saturated carbocycles. The highest BCUT2D eigenvalue weighted by molar-refractivity contribution is 6.31. The maximum absolute atomic E-state index is 12.8. The van der Waals surface area contributed by atoms with Crippen LogP contribution in [0.5, 0.6) is 0 Å². The summed E-state index contributed by atoms with van der Waals surface area (Å²) in [7, 11) is 0. The number of halogens is 1. The standard InChI is InChI=1S/C17H16ClN3O3/c1-2-13-14(18)6-7-19-15(13)21-9-8-20(17(21)24)12-5-3-4-11(10-12)16(22)23/h3-7,10H,2,8-9H2,1H3,(H,22,23). The van der Waals surface area contributed by atoms with E-state index in [1.165, 1.54) is 12.1 Å². The van der Waals surface area contributed by atoms with Crippen molar-refractivity contribution in [3.05, 3.63) is 52.7 Å². The fourth-order valence-corrected chi connectivity index (χ4v) is 3.07. The Bertz CT molecular complexity index is 809. The quantitative estimate of drug-likeness (QED) is 0.921. The van der Waals surface area contributed by atoms with Crippen LogP contribution in [0, 0.1) is 0 Å². The van der Waals surface area contributed by atoms with Gasteiger partial charge in [-0.1, -0.05) is 24.6 Å². The van der Waals surface area contributed by atoms with Crippen molar-refractivity contribution >= 4 is 35.1 Å². The Morgan fingerprint density at radius 1 is 1.29 bits per heavy atom. The van der Waals surface area contributed by atoms with E-state index in [1.54, 1.807) is 34.2 Å². The number of carboxylic acids is 1. The number of hydrogen-bond acceptors (Lipinski definition) is 3. The monoisotopic (exact) mass is 345 g/mol. The SMILES string of the molecule is CCc1c(Cl)ccnc1N1CCN(c2cccc(C(=O)O)c2)C1=O. The minimum atomic E-state index is -1.02. The first-order valence-electron chi connectivity index (χ1n) is 7.58. The van der Waals surface area contributed by atoms with Crippen molar-refractivity contribution in [2.24, 2.45) is 0 Å². The van der Waals surface area contributed by atoms with Gasteiger partial charge in [0.05, 0.1) is 5.56 Å². The maximum Gasteiger partial charge on any atom is 0.335 e. The Balaban J connectivity index is 1.92. The van der Waals surface area contributed by atoms with Crippen LogP contribution in [0.15, 0.2) is 36.5 Å². The lowest BCUT2D eigenvalue weighted by atomic mass is 10.2. The number of anilines is 2. The summed E-state index contributed by atoms with van der Waals surface area (Å²) in [6.07, 6.45) is 2.25. The molecule has 24 heavy (non-hydrogen) atoms. The molecule has 2 amide bonds. The first kappa shape index (κ1) is 16.3. The molecule has 2 heterocycles. The topological polar surface area (TPSA) is 73.7 Å². The lowest BCUT2D eigenvalue weighted by Crippen LogP contribution is -2.33. The average Bonchev–Trinajstić information content (AvgIpc) is 2.96. The summed E-state index contributed by atoms with van der Waals surface area (Å²) in [5, 5.41) is 9.69. The highest BCUT2D eigenvalue weighted by Gasteiger charge is 2.33. The van der Waals surface area contributed by atoms with E-state index in [1.807, 2.05) is 6.92 Å². The number of amides is 2. The van der Waals surface area contributed by atoms with Gasteiger partial charge < -0.3 is 5.11 Å². The number of urea groups is 1. The second kappa shape index (κ2) is 6.49. The Hall–Kier alpha value is -2.60. The van der Waals surface area contributed by atoms with Crippen LogP contribution < -0.4 is 9.80 Å². The third-order valence-electron chi connectivity index (χ3n) is 4.00. The van der Waals surface area contributed by atoms with Crippen LogP contribution in [0.25, 0.3) is 0 Å². The molecule has 0 spiro atoms. The number of rotatable bonds is 4. The molecule has 1 saturated heterocycles. The molecule has 2 aromatic rings. The Morgan fingerprint density at radius 3 is 2.75 bits per heavy atom. The number of carbonyl (C=O) groups excluding carboxylic acids is 1. The van der Waals surface area contributed by atoms with Crippen molar-refractivity contribution in [2.45, 2.75) is 13.3 Å². The van der Waals surface area contributed by atoms with Crippen molar-refractivity contribution in [3.8, 4) is 0 Å². The molecule has 3 rings (SSSR count). The molecule has 0 bridgehead atoms. The van der Waals surface area contributed by atoms with Crippen molar-refractivity contribution in [3.63, 3.8) is 0 Å². The Labute approximate surface area is 144 Å². The second-order valence-corrected chi connectivity index (χ2v) is 5.80. The predicted octanol–water partition coefficient (Wildman–Crippen LogP) is 3.44. The van der Waals surface area contributed by atoms with E-state index >= 15 is 0 Å². The summed E-state index contributed by atoms with van der Waals surface area (Å²) in [6.45, 7) is 2.89. The molecule has 1 aromatic heterocycles. The van der Waals surface area contributed by atoms with Gasteiger partial charge in [0.2, 0.25) is 0 Å². The molecule has 7 heteroatoms. The lowest BCUT2D eigenvalue weighted by molar-refractivity contribution is 0.0697. The summed E-state index contributed by atoms with van der Waals surface area (Å²) < 4.78 is 0. The summed E-state index contributed by atoms with van der Waals surface area (Å²) >= 11 is 6.21. The van der Waals surface area contributed by atoms with Gasteiger partial charge in [-0.2, -0.15) is 0 Å². The van der Waals surface area contributed by atoms with Crippen LogP contribution >= 0.6 is 11.6 Å². The number of carbonyl (C=O) groups is 2. The molecule has 0 radical (unpaired) electrons. The van der Waals surface area contributed by atoms with E-state index in [0.29, 0.717) is 36.0 Å². The van der Waals surface area contributed by atoms with E-state index in [0.717, 1.165) is 5.56 Å². The van der Waals surface area contributed by atoms with E-state index in [9.17, 15) is 9.59 Å². The van der Waals surface area contributed by atoms with Crippen LogP contribution in [0.2, 0.25) is 5.02 Å². The van der Waals surface area contributed by atoms with Crippen LogP contribution in [0.3, 0.4) is 0 Å². The molecule has 1 aliphatic heterocycles. The molecule has 0 aliphatic carbocycles. The van der Waals surface area contributed by atoms with Crippen LogP contribution in [-0.2, 0) is 6.42 Å². The molecular formula is C17H16ClN3O3. The summed E-state index contributed by atoms with van der Waals surface area (Å²) in [4.78, 5) is 31.4. The first-order chi connectivity index (χ1) is 11.5. The van der Waals surface area contributed by atoms with Crippen molar-refractivity contribution < 1.29 is 14.7 Å². The van der Waals surface area contributed by atoms with Crippen molar-refractivity contribution in [1.29, 1.82) is 0 Å². The number of benzene rings is 1. The number of hydrogen-bond donors (Lipinski definition) is 1. The van der Waals surface area contributed by atoms with Gasteiger partial charge in [0.15, 0.2) is 0 Å². The molecule has 0 atom stereocenters. The average molecular weight is 346 g/mol. The van der Waals surface area contributed by atoms with Crippen molar-refractivity contribution in [2.75, 3.05) is 22.9 Å². The largest absolute Gasteiger partial charge is 0.478 e. The molecular weight excluding hydrogens is 330 g/mol. The number of pyridine rings is 1. The third kappa shape index (κ3) is 2.80. The van der Waals surface area contributed by atoms with E-state index in [4.69, 9.17) is 16.7 Å². The Kier molecular flexibility index (Phi) is 4.40. The van der Waals surface area contributed by atoms with Gasteiger partial charge in [-0.15, -0.1) is 0 Å². The van der Waals surface area contributed by atoms with Gasteiger partial charge in [0, 0.05) is 35.6 Å². The number of carboxylic acid groups (broad SMARTS) is 1. The van der Waals surface area contributed by atoms with E-state index in [-0.39, 0.29) is 11.6 Å². The van der Waals surface area contributed by atoms with Crippen LogP contribution in [0.4, 0.5) is 16.3 Å².